The summed E-state index contributed by atoms with van der Waals surface area (Å²) in [5, 5.41) is 27.6. The lowest BCUT2D eigenvalue weighted by Gasteiger charge is -2.49. The van der Waals surface area contributed by atoms with Crippen LogP contribution in [0.3, 0.4) is 0 Å². The van der Waals surface area contributed by atoms with E-state index in [9.17, 15) is 33.6 Å². The van der Waals surface area contributed by atoms with E-state index in [1.165, 1.54) is 17.1 Å². The van der Waals surface area contributed by atoms with Gasteiger partial charge in [0.1, 0.15) is 29.9 Å². The van der Waals surface area contributed by atoms with Gasteiger partial charge in [-0.2, -0.15) is 0 Å². The van der Waals surface area contributed by atoms with Gasteiger partial charge in [0.05, 0.1) is 22.5 Å². The van der Waals surface area contributed by atoms with Crippen LogP contribution in [0.25, 0.3) is 0 Å². The number of nitrogen functional groups attached to an aromatic ring is 1. The molecule has 40 heavy (non-hydrogen) atoms. The van der Waals surface area contributed by atoms with E-state index in [-0.39, 0.29) is 28.0 Å². The molecule has 0 bridgehead atoms. The number of thioether (sulfide) groups is 1. The molecule has 3 atom stereocenters. The number of hydrogen-bond donors (Lipinski definition) is 3. The molecule has 2 aliphatic rings. The highest BCUT2D eigenvalue weighted by Gasteiger charge is 2.57. The first-order chi connectivity index (χ1) is 18.8. The Bertz CT molecular complexity index is 1470. The summed E-state index contributed by atoms with van der Waals surface area (Å²) >= 11 is 2.32. The number of oxime groups is 1. The molecule has 0 radical (unpaired) electrons. The van der Waals surface area contributed by atoms with Crippen molar-refractivity contribution in [3.05, 3.63) is 46.9 Å². The van der Waals surface area contributed by atoms with Crippen molar-refractivity contribution in [2.45, 2.75) is 35.8 Å². The van der Waals surface area contributed by atoms with E-state index in [2.05, 4.69) is 15.5 Å². The molecule has 2 aromatic rings. The van der Waals surface area contributed by atoms with Crippen molar-refractivity contribution >= 4 is 68.5 Å². The van der Waals surface area contributed by atoms with E-state index in [1.807, 2.05) is 36.1 Å². The first-order valence-electron chi connectivity index (χ1n) is 11.5. The Morgan fingerprint density at radius 2 is 2.08 bits per heavy atom. The van der Waals surface area contributed by atoms with Gasteiger partial charge in [-0.3, -0.25) is 18.7 Å². The lowest BCUT2D eigenvalue weighted by atomic mass is 10.0. The highest BCUT2D eigenvalue weighted by molar-refractivity contribution is 7.99. The van der Waals surface area contributed by atoms with Gasteiger partial charge >= 0.3 is 5.97 Å². The molecule has 2 amide bonds. The quantitative estimate of drug-likeness (QED) is 0.0915. The zero-order valence-corrected chi connectivity index (χ0v) is 23.8. The summed E-state index contributed by atoms with van der Waals surface area (Å²) < 4.78 is 15.0. The maximum atomic E-state index is 13.2. The Hall–Kier alpha value is -3.83. The first kappa shape index (κ1) is 29.2. The van der Waals surface area contributed by atoms with Crippen LogP contribution in [-0.4, -0.2) is 77.2 Å². The second kappa shape index (κ2) is 11.3. The molecular weight excluding hydrogens is 584 g/mol. The number of β-lactam (4-membered cyclic amide) rings is 1. The summed E-state index contributed by atoms with van der Waals surface area (Å²) in [5.41, 5.74) is 3.26. The first-order valence-corrected chi connectivity index (χ1v) is 14.8. The van der Waals surface area contributed by atoms with Crippen molar-refractivity contribution in [2.75, 3.05) is 17.2 Å². The number of thiazole rings is 1. The number of aryl methyl sites for hydroxylation is 1. The van der Waals surface area contributed by atoms with E-state index in [4.69, 9.17) is 10.6 Å². The monoisotopic (exact) mass is 608 g/mol. The fourth-order valence-corrected chi connectivity index (χ4v) is 6.98. The Morgan fingerprint density at radius 3 is 2.65 bits per heavy atom. The number of anilines is 1. The fraction of sp³-hybridized carbons (Fsp3) is 0.348. The second-order valence-corrected chi connectivity index (χ2v) is 12.7. The van der Waals surface area contributed by atoms with E-state index < -0.39 is 57.3 Å². The number of carboxylic acid groups (broad SMARTS) is 2. The predicted octanol–water partition coefficient (Wildman–Crippen LogP) is -1.65. The van der Waals surface area contributed by atoms with Gasteiger partial charge < -0.3 is 30.9 Å². The number of nitrogens with zero attached hydrogens (tertiary/aromatic N) is 4. The van der Waals surface area contributed by atoms with Crippen LogP contribution in [0.2, 0.25) is 0 Å². The molecule has 0 aromatic carbocycles. The molecule has 4 N–H and O–H groups in total. The van der Waals surface area contributed by atoms with Crippen LogP contribution in [-0.2, 0) is 41.9 Å². The molecule has 4 heterocycles. The average molecular weight is 609 g/mol. The topological polar surface area (TPSA) is 208 Å². The summed E-state index contributed by atoms with van der Waals surface area (Å²) in [7, 11) is 0.117. The number of carboxylic acids is 2. The Balaban J connectivity index is 1.56. The lowest BCUT2D eigenvalue weighted by molar-refractivity contribution is -0.671. The number of carbonyl (C=O) groups is 4. The molecule has 212 valence electrons. The van der Waals surface area contributed by atoms with Gasteiger partial charge in [-0.15, -0.1) is 23.1 Å². The number of hydrogen-bond acceptors (Lipinski definition) is 12. The number of nitrogens with two attached hydrogens (primary N) is 1. The van der Waals surface area contributed by atoms with Crippen LogP contribution < -0.4 is 20.7 Å². The average Bonchev–Trinajstić information content (AvgIpc) is 3.31. The van der Waals surface area contributed by atoms with Crippen molar-refractivity contribution < 1.29 is 43.0 Å². The Morgan fingerprint density at radius 1 is 1.40 bits per heavy atom. The molecule has 17 heteroatoms. The maximum absolute atomic E-state index is 13.2. The Kier molecular flexibility index (Phi) is 8.27. The largest absolute Gasteiger partial charge is 0.546 e. The standard InChI is InChI=1S/C23H24N6O8S3/c1-23(2,21(34)35)37-27-14(13-9-39-22(24)25-13)17(30)26-15-18(31)29-16(20(32)33)11(10-40(36)19(15)29)8-38-12-4-6-28(3)7-5-12/h4-7,9,15,19H,8,10H2,1-3H3,(H4-,24,25,26,30,32,33,34,35)/b27-14+/t15-,19-,40?/m0/s1. The molecule has 14 nitrogen and oxygen atoms in total. The minimum Gasteiger partial charge on any atom is -0.546 e. The number of aromatic nitrogens is 2. The number of amides is 2. The summed E-state index contributed by atoms with van der Waals surface area (Å²) in [5.74, 6) is -4.63. The molecule has 2 aromatic heterocycles. The number of aliphatic carboxylic acids is 2. The van der Waals surface area contributed by atoms with E-state index in [0.717, 1.165) is 35.0 Å². The molecule has 0 spiro atoms. The summed E-state index contributed by atoms with van der Waals surface area (Å²) in [6, 6.07) is 2.37. The smallest absolute Gasteiger partial charge is 0.352 e. The van der Waals surface area contributed by atoms with Crippen molar-refractivity contribution in [1.29, 1.82) is 0 Å². The van der Waals surface area contributed by atoms with Crippen molar-refractivity contribution in [3.63, 3.8) is 0 Å². The zero-order chi connectivity index (χ0) is 29.4. The fourth-order valence-electron chi connectivity index (χ4n) is 3.73. The van der Waals surface area contributed by atoms with Crippen LogP contribution >= 0.6 is 23.1 Å². The maximum Gasteiger partial charge on any atom is 0.352 e. The van der Waals surface area contributed by atoms with Crippen molar-refractivity contribution in [3.8, 4) is 0 Å². The molecule has 1 saturated heterocycles. The zero-order valence-electron chi connectivity index (χ0n) is 21.4. The van der Waals surface area contributed by atoms with Crippen LogP contribution in [0.4, 0.5) is 5.13 Å². The van der Waals surface area contributed by atoms with E-state index >= 15 is 0 Å². The van der Waals surface area contributed by atoms with Crippen molar-refractivity contribution in [1.82, 2.24) is 15.2 Å². The lowest BCUT2D eigenvalue weighted by Crippen LogP contribution is -2.74. The molecule has 1 unspecified atom stereocenters. The van der Waals surface area contributed by atoms with E-state index in [0.29, 0.717) is 5.57 Å². The summed E-state index contributed by atoms with van der Waals surface area (Å²) in [4.78, 5) is 60.5. The van der Waals surface area contributed by atoms with Gasteiger partial charge in [-0.05, 0) is 19.4 Å². The van der Waals surface area contributed by atoms with Crippen LogP contribution in [0, 0.1) is 0 Å². The van der Waals surface area contributed by atoms with Crippen LogP contribution in [0.15, 0.2) is 51.2 Å². The summed E-state index contributed by atoms with van der Waals surface area (Å²) in [6.45, 7) is 2.31. The van der Waals surface area contributed by atoms with Gasteiger partial charge in [0.2, 0.25) is 0 Å². The molecule has 0 aliphatic carbocycles. The number of rotatable bonds is 10. The minimum absolute atomic E-state index is 0.0533. The normalized spacial score (nSPS) is 21.0. The highest BCUT2D eigenvalue weighted by atomic mass is 32.2. The van der Waals surface area contributed by atoms with Gasteiger partial charge in [0.25, 0.3) is 11.8 Å². The molecule has 4 rings (SSSR count). The molecular formula is C23H24N6O8S3. The third-order valence-corrected chi connectivity index (χ3v) is 9.32. The molecule has 0 saturated carbocycles. The molecule has 2 aliphatic heterocycles. The van der Waals surface area contributed by atoms with Gasteiger partial charge in [-0.1, -0.05) is 5.16 Å². The van der Waals surface area contributed by atoms with Crippen LogP contribution in [0.1, 0.15) is 19.5 Å². The number of carbonyl (C=O) groups excluding carboxylic acids is 3. The van der Waals surface area contributed by atoms with Gasteiger partial charge in [0, 0.05) is 28.2 Å². The third-order valence-electron chi connectivity index (χ3n) is 5.89. The SMILES string of the molecule is C[n+]1ccc(SCC2=C(C(=O)O)N3C(=O)[C@H](NC(=O)/C(=N/OC(C)(C)C(=O)[O-])c4csc(N)n4)[C@@H]3S(=O)C2)cc1. The van der Waals surface area contributed by atoms with E-state index in [1.54, 1.807) is 0 Å². The second-order valence-electron chi connectivity index (χ2n) is 9.22. The number of pyridine rings is 1. The summed E-state index contributed by atoms with van der Waals surface area (Å²) in [6.07, 6.45) is 3.66. The highest BCUT2D eigenvalue weighted by Crippen LogP contribution is 2.36. The third kappa shape index (κ3) is 5.85. The minimum atomic E-state index is -1.91. The number of nitrogens with one attached hydrogen (secondary N) is 1. The number of fused-ring (bicyclic) bond motifs is 1. The van der Waals surface area contributed by atoms with Crippen molar-refractivity contribution in [2.24, 2.45) is 12.2 Å². The van der Waals surface area contributed by atoms with Gasteiger partial charge in [0.15, 0.2) is 28.8 Å². The predicted molar refractivity (Wildman–Crippen MR) is 142 cm³/mol. The van der Waals surface area contributed by atoms with Crippen LogP contribution in [0.5, 0.6) is 0 Å². The molecule has 1 fully saturated rings. The van der Waals surface area contributed by atoms with Gasteiger partial charge in [-0.25, -0.2) is 14.3 Å². The Labute approximate surface area is 238 Å².